The highest BCUT2D eigenvalue weighted by Crippen LogP contribution is 2.46. The van der Waals surface area contributed by atoms with Gasteiger partial charge in [0.15, 0.2) is 11.2 Å². The smallest absolute Gasteiger partial charge is 0.417 e. The normalized spacial score (nSPS) is 12.2. The number of benzene rings is 2. The predicted molar refractivity (Wildman–Crippen MR) is 107 cm³/mol. The minimum absolute atomic E-state index is 0.0323. The number of hydrogen-bond acceptors (Lipinski definition) is 5. The second-order valence-electron chi connectivity index (χ2n) is 7.06. The highest BCUT2D eigenvalue weighted by molar-refractivity contribution is 6.14. The average molecular weight is 417 g/mol. The zero-order chi connectivity index (χ0) is 21.5. The van der Waals surface area contributed by atoms with Gasteiger partial charge in [0.2, 0.25) is 5.75 Å². The SMILES string of the molecule is CN(C)CCOc1c2occc2c(-c2ccccc2C(F)(F)F)c2ccc(=O)oc12. The third-order valence-corrected chi connectivity index (χ3v) is 4.74. The Kier molecular flexibility index (Phi) is 5.03. The second kappa shape index (κ2) is 7.53. The van der Waals surface area contributed by atoms with Crippen LogP contribution in [0.25, 0.3) is 33.1 Å². The largest absolute Gasteiger partial charge is 0.485 e. The van der Waals surface area contributed by atoms with Crippen LogP contribution in [-0.4, -0.2) is 32.1 Å². The Labute approximate surface area is 169 Å². The van der Waals surface area contributed by atoms with Gasteiger partial charge in [0.25, 0.3) is 0 Å². The van der Waals surface area contributed by atoms with Crippen molar-refractivity contribution < 1.29 is 26.7 Å². The van der Waals surface area contributed by atoms with E-state index in [-0.39, 0.29) is 34.6 Å². The molecule has 0 saturated carbocycles. The van der Waals surface area contributed by atoms with Gasteiger partial charge >= 0.3 is 11.8 Å². The van der Waals surface area contributed by atoms with Gasteiger partial charge in [-0.05, 0) is 37.9 Å². The third kappa shape index (κ3) is 3.54. The highest BCUT2D eigenvalue weighted by atomic mass is 19.4. The summed E-state index contributed by atoms with van der Waals surface area (Å²) >= 11 is 0. The zero-order valence-corrected chi connectivity index (χ0v) is 16.2. The molecule has 4 aromatic rings. The first-order chi connectivity index (χ1) is 14.3. The first kappa shape index (κ1) is 20.0. The molecule has 4 rings (SSSR count). The van der Waals surface area contributed by atoms with Crippen LogP contribution in [-0.2, 0) is 6.18 Å². The van der Waals surface area contributed by atoms with Gasteiger partial charge in [0, 0.05) is 28.9 Å². The molecule has 0 saturated heterocycles. The Bertz CT molecular complexity index is 1270. The summed E-state index contributed by atoms with van der Waals surface area (Å²) in [4.78, 5) is 13.8. The molecule has 5 nitrogen and oxygen atoms in total. The molecule has 2 aromatic heterocycles. The van der Waals surface area contributed by atoms with Crippen LogP contribution < -0.4 is 10.4 Å². The van der Waals surface area contributed by atoms with Crippen molar-refractivity contribution in [2.24, 2.45) is 0 Å². The van der Waals surface area contributed by atoms with Crippen molar-refractivity contribution >= 4 is 21.9 Å². The molecule has 0 aliphatic carbocycles. The first-order valence-electron chi connectivity index (χ1n) is 9.18. The number of ether oxygens (including phenoxy) is 1. The van der Waals surface area contributed by atoms with Crippen molar-refractivity contribution in [3.8, 4) is 16.9 Å². The molecular formula is C22H18F3NO4. The van der Waals surface area contributed by atoms with Crippen LogP contribution in [0, 0.1) is 0 Å². The van der Waals surface area contributed by atoms with Crippen molar-refractivity contribution in [1.29, 1.82) is 0 Å². The molecule has 0 bridgehead atoms. The van der Waals surface area contributed by atoms with E-state index < -0.39 is 17.4 Å². The number of rotatable bonds is 5. The van der Waals surface area contributed by atoms with Crippen LogP contribution in [0.1, 0.15) is 5.56 Å². The molecule has 2 aromatic carbocycles. The number of hydrogen-bond donors (Lipinski definition) is 0. The highest BCUT2D eigenvalue weighted by Gasteiger charge is 2.35. The average Bonchev–Trinajstić information content (AvgIpc) is 3.16. The summed E-state index contributed by atoms with van der Waals surface area (Å²) < 4.78 is 58.0. The van der Waals surface area contributed by atoms with E-state index in [2.05, 4.69) is 0 Å². The summed E-state index contributed by atoms with van der Waals surface area (Å²) in [7, 11) is 3.75. The maximum absolute atomic E-state index is 13.7. The summed E-state index contributed by atoms with van der Waals surface area (Å²) in [5.41, 5.74) is -0.916. The molecular weight excluding hydrogens is 399 g/mol. The molecule has 156 valence electrons. The molecule has 0 aliphatic heterocycles. The topological polar surface area (TPSA) is 55.8 Å². The van der Waals surface area contributed by atoms with Crippen LogP contribution in [0.4, 0.5) is 13.2 Å². The lowest BCUT2D eigenvalue weighted by Crippen LogP contribution is -2.19. The fraction of sp³-hybridized carbons (Fsp3) is 0.227. The number of furan rings is 1. The summed E-state index contributed by atoms with van der Waals surface area (Å²) in [5, 5.41) is 0.771. The predicted octanol–water partition coefficient (Wildman–Crippen LogP) is 5.17. The maximum Gasteiger partial charge on any atom is 0.417 e. The van der Waals surface area contributed by atoms with E-state index in [1.807, 2.05) is 19.0 Å². The van der Waals surface area contributed by atoms with Crippen LogP contribution in [0.15, 0.2) is 62.4 Å². The number of nitrogens with zero attached hydrogens (tertiary/aromatic N) is 1. The van der Waals surface area contributed by atoms with Crippen LogP contribution in [0.5, 0.6) is 5.75 Å². The quantitative estimate of drug-likeness (QED) is 0.420. The summed E-state index contributed by atoms with van der Waals surface area (Å²) in [6.45, 7) is 0.856. The van der Waals surface area contributed by atoms with Crippen molar-refractivity contribution in [2.45, 2.75) is 6.18 Å². The van der Waals surface area contributed by atoms with Crippen LogP contribution >= 0.6 is 0 Å². The Hall–Kier alpha value is -3.26. The summed E-state index contributed by atoms with van der Waals surface area (Å²) in [6.07, 6.45) is -3.18. The molecule has 0 radical (unpaired) electrons. The molecule has 0 N–H and O–H groups in total. The molecule has 8 heteroatoms. The Morgan fingerprint density at radius 2 is 1.73 bits per heavy atom. The molecule has 30 heavy (non-hydrogen) atoms. The van der Waals surface area contributed by atoms with Gasteiger partial charge in [-0.25, -0.2) is 4.79 Å². The number of halogens is 3. The van der Waals surface area contributed by atoms with E-state index in [0.717, 1.165) is 6.07 Å². The van der Waals surface area contributed by atoms with Gasteiger partial charge in [-0.3, -0.25) is 0 Å². The number of alkyl halides is 3. The Morgan fingerprint density at radius 1 is 1.00 bits per heavy atom. The first-order valence-corrected chi connectivity index (χ1v) is 9.18. The second-order valence-corrected chi connectivity index (χ2v) is 7.06. The van der Waals surface area contributed by atoms with Gasteiger partial charge in [-0.2, -0.15) is 13.2 Å². The molecule has 2 heterocycles. The monoisotopic (exact) mass is 417 g/mol. The van der Waals surface area contributed by atoms with Crippen molar-refractivity contribution in [3.05, 3.63) is 64.7 Å². The van der Waals surface area contributed by atoms with Crippen molar-refractivity contribution in [3.63, 3.8) is 0 Å². The molecule has 0 spiro atoms. The number of likely N-dealkylation sites (N-methyl/N-ethyl adjacent to an activating group) is 1. The van der Waals surface area contributed by atoms with E-state index in [1.165, 1.54) is 36.6 Å². The molecule has 0 amide bonds. The van der Waals surface area contributed by atoms with Crippen LogP contribution in [0.3, 0.4) is 0 Å². The molecule has 0 unspecified atom stereocenters. The van der Waals surface area contributed by atoms with E-state index in [0.29, 0.717) is 17.3 Å². The maximum atomic E-state index is 13.7. The molecule has 0 fully saturated rings. The van der Waals surface area contributed by atoms with Crippen LogP contribution in [0.2, 0.25) is 0 Å². The fourth-order valence-corrected chi connectivity index (χ4v) is 3.41. The minimum atomic E-state index is -4.56. The van der Waals surface area contributed by atoms with Crippen molar-refractivity contribution in [2.75, 3.05) is 27.2 Å². The zero-order valence-electron chi connectivity index (χ0n) is 16.2. The van der Waals surface area contributed by atoms with Gasteiger partial charge < -0.3 is 18.5 Å². The van der Waals surface area contributed by atoms with Gasteiger partial charge in [0.05, 0.1) is 11.8 Å². The van der Waals surface area contributed by atoms with E-state index in [9.17, 15) is 18.0 Å². The molecule has 0 aliphatic rings. The third-order valence-electron chi connectivity index (χ3n) is 4.74. The lowest BCUT2D eigenvalue weighted by Gasteiger charge is -2.17. The standard InChI is InChI=1S/C22H18F3NO4/c1-26(2)10-12-29-21-19-15(9-11-28-19)18(14-7-8-17(27)30-20(14)21)13-5-3-4-6-16(13)22(23,24)25/h3-9,11H,10,12H2,1-2H3. The van der Waals surface area contributed by atoms with Gasteiger partial charge in [-0.1, -0.05) is 18.2 Å². The minimum Gasteiger partial charge on any atom is -0.485 e. The molecule has 0 atom stereocenters. The lowest BCUT2D eigenvalue weighted by molar-refractivity contribution is -0.137. The fourth-order valence-electron chi connectivity index (χ4n) is 3.41. The number of fused-ring (bicyclic) bond motifs is 2. The lowest BCUT2D eigenvalue weighted by atomic mass is 9.93. The summed E-state index contributed by atoms with van der Waals surface area (Å²) in [6, 6.07) is 9.49. The van der Waals surface area contributed by atoms with Gasteiger partial charge in [0.1, 0.15) is 6.61 Å². The van der Waals surface area contributed by atoms with E-state index in [1.54, 1.807) is 6.07 Å². The van der Waals surface area contributed by atoms with Crippen molar-refractivity contribution in [1.82, 2.24) is 4.90 Å². The van der Waals surface area contributed by atoms with E-state index >= 15 is 0 Å². The van der Waals surface area contributed by atoms with E-state index in [4.69, 9.17) is 13.6 Å². The Balaban J connectivity index is 2.06. The summed E-state index contributed by atoms with van der Waals surface area (Å²) in [5.74, 6) is 0.192. The Morgan fingerprint density at radius 3 is 2.47 bits per heavy atom. The van der Waals surface area contributed by atoms with Gasteiger partial charge in [-0.15, -0.1) is 0 Å².